The minimum absolute atomic E-state index is 0.0435. The second-order valence-corrected chi connectivity index (χ2v) is 9.47. The van der Waals surface area contributed by atoms with Crippen LogP contribution in [-0.4, -0.2) is 54.5 Å². The number of halogens is 4. The number of aliphatic carboxylic acids is 1. The van der Waals surface area contributed by atoms with Gasteiger partial charge in [0.15, 0.2) is 6.10 Å². The topological polar surface area (TPSA) is 68.2 Å². The van der Waals surface area contributed by atoms with Gasteiger partial charge in [0, 0.05) is 24.7 Å². The maximum Gasteiger partial charge on any atom is 0.425 e. The zero-order valence-electron chi connectivity index (χ0n) is 19.7. The molecule has 0 radical (unpaired) electrons. The number of alkyl halides is 3. The van der Waals surface area contributed by atoms with Crippen molar-refractivity contribution in [3.63, 3.8) is 0 Å². The van der Waals surface area contributed by atoms with Crippen LogP contribution in [0.2, 0.25) is 5.02 Å². The first-order valence-corrected chi connectivity index (χ1v) is 12.0. The zero-order valence-corrected chi connectivity index (χ0v) is 20.4. The molecule has 2 heterocycles. The van der Waals surface area contributed by atoms with Gasteiger partial charge in [-0.25, -0.2) is 0 Å². The predicted octanol–water partition coefficient (Wildman–Crippen LogP) is 5.82. The highest BCUT2D eigenvalue weighted by atomic mass is 35.5. The van der Waals surface area contributed by atoms with Gasteiger partial charge in [0.1, 0.15) is 30.5 Å². The van der Waals surface area contributed by atoms with Crippen LogP contribution in [-0.2, 0) is 11.4 Å². The molecule has 0 aromatic heterocycles. The van der Waals surface area contributed by atoms with Gasteiger partial charge in [0.05, 0.1) is 10.9 Å². The number of likely N-dealkylation sites (tertiary alicyclic amines) is 1. The molecule has 2 aromatic carbocycles. The number of benzene rings is 2. The van der Waals surface area contributed by atoms with E-state index >= 15 is 0 Å². The molecule has 0 aliphatic carbocycles. The zero-order chi connectivity index (χ0) is 25.9. The highest BCUT2D eigenvalue weighted by Crippen LogP contribution is 2.33. The van der Waals surface area contributed by atoms with Gasteiger partial charge in [-0.05, 0) is 67.8 Å². The Morgan fingerprint density at radius 1 is 1.28 bits per heavy atom. The van der Waals surface area contributed by atoms with Crippen LogP contribution in [0.1, 0.15) is 30.9 Å². The van der Waals surface area contributed by atoms with Crippen LogP contribution in [0.3, 0.4) is 0 Å². The lowest BCUT2D eigenvalue weighted by molar-refractivity contribution is -0.189. The quantitative estimate of drug-likeness (QED) is 0.468. The third-order valence-electron chi connectivity index (χ3n) is 6.21. The Bertz CT molecular complexity index is 1140. The first-order valence-electron chi connectivity index (χ1n) is 11.6. The molecule has 2 aliphatic heterocycles. The summed E-state index contributed by atoms with van der Waals surface area (Å²) >= 11 is 6.10. The number of nitrogens with zero attached hydrogens (tertiary/aromatic N) is 1. The molecular formula is C26H27ClF3NO5. The summed E-state index contributed by atoms with van der Waals surface area (Å²) in [6.07, 6.45) is -2.80. The Balaban J connectivity index is 1.34. The maximum absolute atomic E-state index is 12.7. The first kappa shape index (κ1) is 26.2. The van der Waals surface area contributed by atoms with E-state index in [-0.39, 0.29) is 23.3 Å². The Hall–Kier alpha value is -2.91. The van der Waals surface area contributed by atoms with Crippen molar-refractivity contribution in [2.45, 2.75) is 38.7 Å². The van der Waals surface area contributed by atoms with Crippen molar-refractivity contribution >= 4 is 23.6 Å². The third-order valence-corrected chi connectivity index (χ3v) is 6.50. The highest BCUT2D eigenvalue weighted by Gasteiger charge is 2.38. The largest absolute Gasteiger partial charge is 0.489 e. The summed E-state index contributed by atoms with van der Waals surface area (Å²) in [5.74, 6) is 0.152. The SMILES string of the molecule is C[C@H](Oc1ccc(COc2ccc3c(c2)OCC(CN2CCC[C@H](C(=O)O)C2)=C3)cc1Cl)C(F)(F)F. The van der Waals surface area contributed by atoms with Gasteiger partial charge in [-0.1, -0.05) is 17.7 Å². The van der Waals surface area contributed by atoms with Gasteiger partial charge >= 0.3 is 12.1 Å². The third kappa shape index (κ3) is 6.64. The molecule has 1 saturated heterocycles. The lowest BCUT2D eigenvalue weighted by Gasteiger charge is -2.32. The van der Waals surface area contributed by atoms with Crippen LogP contribution in [0, 0.1) is 5.92 Å². The molecule has 194 valence electrons. The molecule has 0 unspecified atom stereocenters. The molecule has 6 nitrogen and oxygen atoms in total. The lowest BCUT2D eigenvalue weighted by Crippen LogP contribution is -2.40. The molecule has 0 spiro atoms. The minimum Gasteiger partial charge on any atom is -0.489 e. The summed E-state index contributed by atoms with van der Waals surface area (Å²) in [7, 11) is 0. The van der Waals surface area contributed by atoms with Crippen LogP contribution in [0.4, 0.5) is 13.2 Å². The van der Waals surface area contributed by atoms with Gasteiger partial charge in [0.25, 0.3) is 0 Å². The van der Waals surface area contributed by atoms with E-state index in [2.05, 4.69) is 11.0 Å². The second kappa shape index (κ2) is 11.0. The van der Waals surface area contributed by atoms with Crippen molar-refractivity contribution in [1.82, 2.24) is 4.90 Å². The molecule has 10 heteroatoms. The van der Waals surface area contributed by atoms with Crippen molar-refractivity contribution in [3.8, 4) is 17.2 Å². The summed E-state index contributed by atoms with van der Waals surface area (Å²) < 4.78 is 54.8. The monoisotopic (exact) mass is 525 g/mol. The number of hydrogen-bond donors (Lipinski definition) is 1. The highest BCUT2D eigenvalue weighted by molar-refractivity contribution is 6.32. The second-order valence-electron chi connectivity index (χ2n) is 9.06. The number of carboxylic acid groups (broad SMARTS) is 1. The van der Waals surface area contributed by atoms with Gasteiger partial charge in [-0.3, -0.25) is 9.69 Å². The van der Waals surface area contributed by atoms with E-state index in [1.54, 1.807) is 12.1 Å². The number of carboxylic acids is 1. The molecule has 0 saturated carbocycles. The number of carbonyl (C=O) groups is 1. The minimum atomic E-state index is -4.48. The molecule has 1 fully saturated rings. The average Bonchev–Trinajstić information content (AvgIpc) is 2.83. The molecular weight excluding hydrogens is 499 g/mol. The van der Waals surface area contributed by atoms with Crippen LogP contribution in [0.15, 0.2) is 42.0 Å². The van der Waals surface area contributed by atoms with Crippen LogP contribution >= 0.6 is 11.6 Å². The van der Waals surface area contributed by atoms with E-state index in [0.717, 1.165) is 31.0 Å². The smallest absolute Gasteiger partial charge is 0.425 e. The van der Waals surface area contributed by atoms with E-state index < -0.39 is 18.2 Å². The Kier molecular flexibility index (Phi) is 8.00. The molecule has 2 aliphatic rings. The normalized spacial score (nSPS) is 19.0. The molecule has 0 amide bonds. The van der Waals surface area contributed by atoms with E-state index in [1.807, 2.05) is 12.1 Å². The molecule has 36 heavy (non-hydrogen) atoms. The predicted molar refractivity (Wildman–Crippen MR) is 129 cm³/mol. The van der Waals surface area contributed by atoms with Crippen LogP contribution in [0.25, 0.3) is 6.08 Å². The molecule has 4 rings (SSSR count). The maximum atomic E-state index is 12.7. The number of piperidine rings is 1. The molecule has 1 N–H and O–H groups in total. The summed E-state index contributed by atoms with van der Waals surface area (Å²) in [5, 5.41) is 9.36. The van der Waals surface area contributed by atoms with Gasteiger partial charge in [0.2, 0.25) is 0 Å². The fourth-order valence-electron chi connectivity index (χ4n) is 4.21. The van der Waals surface area contributed by atoms with Crippen molar-refractivity contribution in [1.29, 1.82) is 0 Å². The fraction of sp³-hybridized carbons (Fsp3) is 0.423. The number of rotatable bonds is 8. The van der Waals surface area contributed by atoms with Gasteiger partial charge < -0.3 is 19.3 Å². The van der Waals surface area contributed by atoms with E-state index in [1.165, 1.54) is 12.1 Å². The fourth-order valence-corrected chi connectivity index (χ4v) is 4.46. The van der Waals surface area contributed by atoms with Crippen molar-refractivity contribution in [3.05, 3.63) is 58.1 Å². The van der Waals surface area contributed by atoms with Crippen molar-refractivity contribution in [2.24, 2.45) is 5.92 Å². The van der Waals surface area contributed by atoms with Crippen LogP contribution < -0.4 is 14.2 Å². The van der Waals surface area contributed by atoms with Gasteiger partial charge in [-0.15, -0.1) is 0 Å². The first-order chi connectivity index (χ1) is 17.1. The summed E-state index contributed by atoms with van der Waals surface area (Å²) in [6, 6.07) is 10.00. The summed E-state index contributed by atoms with van der Waals surface area (Å²) in [6.45, 7) is 3.59. The number of ether oxygens (including phenoxy) is 3. The molecule has 2 aromatic rings. The standard InChI is InChI=1S/C26H27ClF3NO5/c1-16(26(28,29)30)36-23-7-4-17(10-22(23)27)14-34-21-6-5-19-9-18(15-35-24(19)11-21)12-31-8-2-3-20(13-31)25(32)33/h4-7,9-11,16,20H,2-3,8,12-15H2,1H3,(H,32,33)/t16-,20-/m0/s1. The van der Waals surface area contributed by atoms with E-state index in [0.29, 0.717) is 43.2 Å². The summed E-state index contributed by atoms with van der Waals surface area (Å²) in [5.41, 5.74) is 2.67. The van der Waals surface area contributed by atoms with Gasteiger partial charge in [-0.2, -0.15) is 13.2 Å². The molecule has 2 atom stereocenters. The van der Waals surface area contributed by atoms with E-state index in [4.69, 9.17) is 25.8 Å². The number of fused-ring (bicyclic) bond motifs is 1. The lowest BCUT2D eigenvalue weighted by atomic mass is 9.97. The molecule has 0 bridgehead atoms. The number of hydrogen-bond acceptors (Lipinski definition) is 5. The van der Waals surface area contributed by atoms with E-state index in [9.17, 15) is 23.1 Å². The van der Waals surface area contributed by atoms with Crippen molar-refractivity contribution < 1.29 is 37.3 Å². The van der Waals surface area contributed by atoms with Crippen molar-refractivity contribution in [2.75, 3.05) is 26.2 Å². The Morgan fingerprint density at radius 2 is 2.08 bits per heavy atom. The Labute approximate surface area is 212 Å². The Morgan fingerprint density at radius 3 is 2.81 bits per heavy atom. The summed E-state index contributed by atoms with van der Waals surface area (Å²) in [4.78, 5) is 13.5. The van der Waals surface area contributed by atoms with Crippen LogP contribution in [0.5, 0.6) is 17.2 Å². The average molecular weight is 526 g/mol.